The maximum absolute atomic E-state index is 12.3. The summed E-state index contributed by atoms with van der Waals surface area (Å²) in [6.07, 6.45) is 4.55. The molecule has 0 aliphatic heterocycles. The van der Waals surface area contributed by atoms with Crippen molar-refractivity contribution in [2.75, 3.05) is 13.6 Å². The van der Waals surface area contributed by atoms with Crippen LogP contribution in [0.15, 0.2) is 18.3 Å². The second-order valence-electron chi connectivity index (χ2n) is 5.59. The predicted octanol–water partition coefficient (Wildman–Crippen LogP) is 0.853. The van der Waals surface area contributed by atoms with Crippen LogP contribution in [0.25, 0.3) is 0 Å². The van der Waals surface area contributed by atoms with Crippen LogP contribution in [0.4, 0.5) is 0 Å². The van der Waals surface area contributed by atoms with E-state index in [0.29, 0.717) is 19.4 Å². The fraction of sp³-hybridized carbons (Fsp3) is 0.643. The number of H-pyrrole nitrogens is 1. The van der Waals surface area contributed by atoms with Crippen molar-refractivity contribution in [3.05, 3.63) is 24.0 Å². The lowest BCUT2D eigenvalue weighted by Gasteiger charge is -2.35. The molecule has 4 N–H and O–H groups in total. The normalized spacial score (nSPS) is 27.2. The first-order chi connectivity index (χ1) is 9.04. The zero-order valence-electron chi connectivity index (χ0n) is 11.4. The molecule has 5 nitrogen and oxygen atoms in total. The predicted molar refractivity (Wildman–Crippen MR) is 73.2 cm³/mol. The highest BCUT2D eigenvalue weighted by molar-refractivity contribution is 5.78. The molecule has 1 aromatic heterocycles. The first-order valence-corrected chi connectivity index (χ1v) is 6.84. The lowest BCUT2D eigenvalue weighted by atomic mass is 9.78. The second-order valence-corrected chi connectivity index (χ2v) is 5.59. The number of hydrogen-bond acceptors (Lipinski definition) is 3. The highest BCUT2D eigenvalue weighted by atomic mass is 16.3. The Morgan fingerprint density at radius 1 is 1.58 bits per heavy atom. The molecule has 5 heteroatoms. The lowest BCUT2D eigenvalue weighted by molar-refractivity contribution is -0.137. The van der Waals surface area contributed by atoms with Crippen LogP contribution in [0.2, 0.25) is 0 Å². The molecule has 1 heterocycles. The number of aliphatic hydroxyl groups is 1. The fourth-order valence-corrected chi connectivity index (χ4v) is 2.72. The number of carbonyl (C=O) groups is 1. The van der Waals surface area contributed by atoms with Gasteiger partial charge in [-0.25, -0.2) is 0 Å². The van der Waals surface area contributed by atoms with Crippen LogP contribution in [-0.4, -0.2) is 40.1 Å². The van der Waals surface area contributed by atoms with Crippen molar-refractivity contribution in [3.63, 3.8) is 0 Å². The van der Waals surface area contributed by atoms with Crippen LogP contribution >= 0.6 is 0 Å². The highest BCUT2D eigenvalue weighted by Crippen LogP contribution is 2.32. The second kappa shape index (κ2) is 5.75. The van der Waals surface area contributed by atoms with Gasteiger partial charge < -0.3 is 20.7 Å². The Balaban J connectivity index is 1.87. The van der Waals surface area contributed by atoms with Gasteiger partial charge in [-0.05, 0) is 37.8 Å². The summed E-state index contributed by atoms with van der Waals surface area (Å²) >= 11 is 0. The van der Waals surface area contributed by atoms with E-state index in [1.807, 2.05) is 25.4 Å². The molecule has 0 atom stereocenters. The SMILES string of the molecule is CN(Cc1ccc[nH]1)C(=O)C1CCC(O)(CN)CC1. The zero-order chi connectivity index (χ0) is 13.9. The molecule has 1 aliphatic carbocycles. The van der Waals surface area contributed by atoms with E-state index in [-0.39, 0.29) is 18.4 Å². The van der Waals surface area contributed by atoms with Crippen LogP contribution in [0.1, 0.15) is 31.4 Å². The van der Waals surface area contributed by atoms with Crippen molar-refractivity contribution in [2.24, 2.45) is 11.7 Å². The van der Waals surface area contributed by atoms with Crippen LogP contribution in [-0.2, 0) is 11.3 Å². The van der Waals surface area contributed by atoms with Gasteiger partial charge >= 0.3 is 0 Å². The number of nitrogens with two attached hydrogens (primary N) is 1. The Morgan fingerprint density at radius 3 is 2.79 bits per heavy atom. The highest BCUT2D eigenvalue weighted by Gasteiger charge is 2.35. The molecule has 1 aliphatic rings. The van der Waals surface area contributed by atoms with Gasteiger partial charge in [-0.2, -0.15) is 0 Å². The fourth-order valence-electron chi connectivity index (χ4n) is 2.72. The van der Waals surface area contributed by atoms with E-state index in [4.69, 9.17) is 5.73 Å². The molecule has 1 amide bonds. The molecule has 1 aromatic rings. The van der Waals surface area contributed by atoms with Gasteiger partial charge in [0.25, 0.3) is 0 Å². The summed E-state index contributed by atoms with van der Waals surface area (Å²) in [5.74, 6) is 0.181. The van der Waals surface area contributed by atoms with Crippen molar-refractivity contribution in [2.45, 2.75) is 37.8 Å². The molecular weight excluding hydrogens is 242 g/mol. The molecule has 0 aromatic carbocycles. The Morgan fingerprint density at radius 2 is 2.26 bits per heavy atom. The minimum Gasteiger partial charge on any atom is -0.389 e. The average molecular weight is 265 g/mol. The number of carbonyl (C=O) groups excluding carboxylic acids is 1. The maximum atomic E-state index is 12.3. The summed E-state index contributed by atoms with van der Waals surface area (Å²) in [4.78, 5) is 17.2. The largest absolute Gasteiger partial charge is 0.389 e. The van der Waals surface area contributed by atoms with Crippen molar-refractivity contribution >= 4 is 5.91 Å². The number of aromatic amines is 1. The topological polar surface area (TPSA) is 82.3 Å². The molecule has 0 saturated heterocycles. The molecule has 0 unspecified atom stereocenters. The summed E-state index contributed by atoms with van der Waals surface area (Å²) in [5.41, 5.74) is 5.84. The van der Waals surface area contributed by atoms with E-state index in [1.165, 1.54) is 0 Å². The quantitative estimate of drug-likeness (QED) is 0.755. The summed E-state index contributed by atoms with van der Waals surface area (Å²) in [6.45, 7) is 0.885. The molecule has 106 valence electrons. The van der Waals surface area contributed by atoms with E-state index in [2.05, 4.69) is 4.98 Å². The third-order valence-electron chi connectivity index (χ3n) is 4.09. The molecule has 0 bridgehead atoms. The molecule has 0 spiro atoms. The van der Waals surface area contributed by atoms with Crippen LogP contribution < -0.4 is 5.73 Å². The van der Waals surface area contributed by atoms with Crippen molar-refractivity contribution < 1.29 is 9.90 Å². The number of aromatic nitrogens is 1. The number of nitrogens with zero attached hydrogens (tertiary/aromatic N) is 1. The molecule has 2 rings (SSSR count). The average Bonchev–Trinajstić information content (AvgIpc) is 2.91. The van der Waals surface area contributed by atoms with Gasteiger partial charge in [0.15, 0.2) is 0 Å². The van der Waals surface area contributed by atoms with Gasteiger partial charge in [0, 0.05) is 31.4 Å². The van der Waals surface area contributed by atoms with Crippen molar-refractivity contribution in [1.29, 1.82) is 0 Å². The molecule has 19 heavy (non-hydrogen) atoms. The van der Waals surface area contributed by atoms with Crippen LogP contribution in [0.5, 0.6) is 0 Å². The number of amides is 1. The van der Waals surface area contributed by atoms with E-state index >= 15 is 0 Å². The third kappa shape index (κ3) is 3.36. The van der Waals surface area contributed by atoms with Gasteiger partial charge in [0.2, 0.25) is 5.91 Å². The molecule has 0 radical (unpaired) electrons. The van der Waals surface area contributed by atoms with Gasteiger partial charge in [-0.1, -0.05) is 0 Å². The monoisotopic (exact) mass is 265 g/mol. The lowest BCUT2D eigenvalue weighted by Crippen LogP contribution is -2.44. The smallest absolute Gasteiger partial charge is 0.225 e. The molecular formula is C14H23N3O2. The number of hydrogen-bond donors (Lipinski definition) is 3. The van der Waals surface area contributed by atoms with Crippen LogP contribution in [0, 0.1) is 5.92 Å². The maximum Gasteiger partial charge on any atom is 0.225 e. The third-order valence-corrected chi connectivity index (χ3v) is 4.09. The van der Waals surface area contributed by atoms with Crippen molar-refractivity contribution in [3.8, 4) is 0 Å². The first-order valence-electron chi connectivity index (χ1n) is 6.84. The summed E-state index contributed by atoms with van der Waals surface area (Å²) in [6, 6.07) is 3.90. The summed E-state index contributed by atoms with van der Waals surface area (Å²) in [5, 5.41) is 10.1. The van der Waals surface area contributed by atoms with E-state index in [1.54, 1.807) is 4.90 Å². The van der Waals surface area contributed by atoms with Gasteiger partial charge in [0.05, 0.1) is 12.1 Å². The standard InChI is InChI=1S/C14H23N3O2/c1-17(9-12-3-2-8-16-12)13(18)11-4-6-14(19,10-15)7-5-11/h2-3,8,11,16,19H,4-7,9-10,15H2,1H3. The Hall–Kier alpha value is -1.33. The summed E-state index contributed by atoms with van der Waals surface area (Å²) < 4.78 is 0. The van der Waals surface area contributed by atoms with Gasteiger partial charge in [-0.15, -0.1) is 0 Å². The van der Waals surface area contributed by atoms with E-state index < -0.39 is 5.60 Å². The Labute approximate surface area is 113 Å². The first kappa shape index (κ1) is 14.1. The number of nitrogens with one attached hydrogen (secondary N) is 1. The Kier molecular flexibility index (Phi) is 4.27. The van der Waals surface area contributed by atoms with Gasteiger partial charge in [-0.3, -0.25) is 4.79 Å². The molecule has 1 saturated carbocycles. The van der Waals surface area contributed by atoms with E-state index in [9.17, 15) is 9.90 Å². The van der Waals surface area contributed by atoms with Crippen molar-refractivity contribution in [1.82, 2.24) is 9.88 Å². The van der Waals surface area contributed by atoms with Gasteiger partial charge in [0.1, 0.15) is 0 Å². The zero-order valence-corrected chi connectivity index (χ0v) is 11.4. The Bertz CT molecular complexity index is 408. The van der Waals surface area contributed by atoms with Crippen LogP contribution in [0.3, 0.4) is 0 Å². The minimum atomic E-state index is -0.755. The summed E-state index contributed by atoms with van der Waals surface area (Å²) in [7, 11) is 1.83. The molecule has 1 fully saturated rings. The van der Waals surface area contributed by atoms with E-state index in [0.717, 1.165) is 18.5 Å². The minimum absolute atomic E-state index is 0.0202. The number of rotatable bonds is 4.